The number of rotatable bonds is 9. The van der Waals surface area contributed by atoms with E-state index in [1.807, 2.05) is 73.2 Å². The smallest absolute Gasteiger partial charge is 0.305 e. The van der Waals surface area contributed by atoms with Crippen molar-refractivity contribution in [2.75, 3.05) is 0 Å². The molecule has 0 amide bonds. The molecule has 9 aromatic rings. The predicted molar refractivity (Wildman–Crippen MR) is 250 cm³/mol. The summed E-state index contributed by atoms with van der Waals surface area (Å²) in [6.07, 6.45) is 13.3. The van der Waals surface area contributed by atoms with Crippen LogP contribution < -0.4 is 0 Å². The van der Waals surface area contributed by atoms with E-state index >= 15 is 0 Å². The molecular weight excluding hydrogens is 931 g/mol. The first-order chi connectivity index (χ1) is 30.2. The zero-order valence-electron chi connectivity index (χ0n) is 33.7. The molecule has 0 saturated carbocycles. The maximum atomic E-state index is 4.56. The Labute approximate surface area is 377 Å². The fraction of sp³-hybridized carbons (Fsp3) is 0.0172. The molecule has 0 atom stereocenters. The molecule has 10 rings (SSSR count). The van der Waals surface area contributed by atoms with Crippen LogP contribution in [0.3, 0.4) is 0 Å². The minimum Gasteiger partial charge on any atom is -0.305 e. The summed E-state index contributed by atoms with van der Waals surface area (Å²) in [7, 11) is 0. The van der Waals surface area contributed by atoms with Crippen LogP contribution in [-0.4, -0.2) is 15.0 Å². The molecule has 0 spiro atoms. The number of hydrogen-bond donors (Lipinski definition) is 0. The van der Waals surface area contributed by atoms with Gasteiger partial charge in [-0.15, -0.1) is 89.5 Å². The third-order valence-electron chi connectivity index (χ3n) is 11.1. The molecule has 62 heavy (non-hydrogen) atoms. The summed E-state index contributed by atoms with van der Waals surface area (Å²) in [5.41, 5.74) is 19.4. The van der Waals surface area contributed by atoms with Crippen molar-refractivity contribution in [3.05, 3.63) is 254 Å². The Morgan fingerprint density at radius 1 is 0.339 bits per heavy atom. The first kappa shape index (κ1) is 40.1. The van der Waals surface area contributed by atoms with Crippen molar-refractivity contribution >= 4 is 16.7 Å². The zero-order valence-corrected chi connectivity index (χ0v) is 36.1. The van der Waals surface area contributed by atoms with Crippen molar-refractivity contribution in [3.63, 3.8) is 0 Å². The maximum Gasteiger partial charge on any atom is 3.00 e. The number of nitrogens with zero attached hydrogens (tertiary/aromatic N) is 3. The molecule has 0 aliphatic heterocycles. The molecule has 3 heterocycles. The van der Waals surface area contributed by atoms with Crippen LogP contribution in [0.25, 0.3) is 83.9 Å². The fourth-order valence-corrected chi connectivity index (χ4v) is 8.07. The molecule has 6 aromatic carbocycles. The van der Waals surface area contributed by atoms with Crippen molar-refractivity contribution in [3.8, 4) is 67.2 Å². The van der Waals surface area contributed by atoms with E-state index in [1.54, 1.807) is 0 Å². The van der Waals surface area contributed by atoms with Crippen molar-refractivity contribution in [1.29, 1.82) is 0 Å². The molecule has 0 radical (unpaired) electrons. The number of aromatic nitrogens is 3. The van der Waals surface area contributed by atoms with Crippen molar-refractivity contribution in [2.24, 2.45) is 0 Å². The van der Waals surface area contributed by atoms with E-state index < -0.39 is 0 Å². The van der Waals surface area contributed by atoms with Crippen LogP contribution in [0.2, 0.25) is 0 Å². The van der Waals surface area contributed by atoms with Crippen LogP contribution in [-0.2, 0) is 20.1 Å². The Morgan fingerprint density at radius 3 is 1.10 bits per heavy atom. The van der Waals surface area contributed by atoms with Crippen LogP contribution >= 0.6 is 0 Å². The molecule has 1 aliphatic carbocycles. The Morgan fingerprint density at radius 2 is 0.710 bits per heavy atom. The zero-order chi connectivity index (χ0) is 40.8. The van der Waals surface area contributed by atoms with Crippen LogP contribution in [0.4, 0.5) is 0 Å². The van der Waals surface area contributed by atoms with Gasteiger partial charge in [0, 0.05) is 18.6 Å². The number of pyridine rings is 3. The molecule has 0 N–H and O–H groups in total. The molecule has 0 bridgehead atoms. The Kier molecular flexibility index (Phi) is 12.0. The standard InChI is InChI=1S/C58H38N3.Ir/c1-4-16-53(50(13-1)41-22-28-44(29-23-41)56-19-7-10-36-59-56)47-34-35-48(54-17-5-2-14-51(54)42-24-30-45(31-25-42)57-20-8-11-37-60-57)40-49(39-47)55-18-6-3-15-52(55)43-26-32-46(33-27-43)58-21-9-12-38-61-58;/h1-28,30,32,34,36-40H,35H2;/q-3;+3. The Hall–Kier alpha value is -7.36. The Balaban J connectivity index is 0.00000490. The van der Waals surface area contributed by atoms with Crippen molar-refractivity contribution in [1.82, 2.24) is 15.0 Å². The minimum absolute atomic E-state index is 0. The molecular formula is C58H38IrN3. The van der Waals surface area contributed by atoms with Gasteiger partial charge in [-0.3, -0.25) is 0 Å². The van der Waals surface area contributed by atoms with Crippen molar-refractivity contribution in [2.45, 2.75) is 6.42 Å². The largest absolute Gasteiger partial charge is 3.00 e. The number of benzene rings is 6. The van der Waals surface area contributed by atoms with Crippen LogP contribution in [0.15, 0.2) is 219 Å². The monoisotopic (exact) mass is 969 g/mol. The van der Waals surface area contributed by atoms with E-state index in [4.69, 9.17) is 0 Å². The third kappa shape index (κ3) is 8.48. The van der Waals surface area contributed by atoms with Crippen LogP contribution in [0, 0.1) is 18.2 Å². The van der Waals surface area contributed by atoms with Gasteiger partial charge in [0.05, 0.1) is 0 Å². The average Bonchev–Trinajstić information content (AvgIpc) is 3.58. The second kappa shape index (κ2) is 18.5. The molecule has 0 saturated heterocycles. The maximum absolute atomic E-state index is 4.56. The molecule has 1 aliphatic rings. The van der Waals surface area contributed by atoms with Gasteiger partial charge in [-0.25, -0.2) is 0 Å². The predicted octanol–water partition coefficient (Wildman–Crippen LogP) is 14.2. The molecule has 3 nitrogen and oxygen atoms in total. The van der Waals surface area contributed by atoms with E-state index in [0.717, 1.165) is 95.8 Å². The second-order valence-electron chi connectivity index (χ2n) is 14.9. The molecule has 4 heteroatoms. The van der Waals surface area contributed by atoms with Crippen LogP contribution in [0.1, 0.15) is 23.1 Å². The van der Waals surface area contributed by atoms with E-state index in [2.05, 4.69) is 179 Å². The Bertz CT molecular complexity index is 3040. The van der Waals surface area contributed by atoms with E-state index in [9.17, 15) is 0 Å². The topological polar surface area (TPSA) is 38.7 Å². The minimum atomic E-state index is 0. The van der Waals surface area contributed by atoms with E-state index in [1.165, 1.54) is 11.1 Å². The molecule has 0 unspecified atom stereocenters. The van der Waals surface area contributed by atoms with Gasteiger partial charge in [-0.2, -0.15) is 0 Å². The quantitative estimate of drug-likeness (QED) is 0.135. The first-order valence-electron chi connectivity index (χ1n) is 20.5. The average molecular weight is 969 g/mol. The SMILES string of the molecule is [Ir+3].[c-]1cc(-c2ccccc2C2=CCC(c3ccccc3-c3c[c-]c(-c4ccccn4)cc3)=CC(c3ccccc3-c3c[c-]c(-c4ccccn4)cc3)=C2)ccc1-c1ccccn1. The van der Waals surface area contributed by atoms with Gasteiger partial charge in [-0.05, 0) is 81.2 Å². The fourth-order valence-electron chi connectivity index (χ4n) is 8.07. The molecule has 294 valence electrons. The third-order valence-corrected chi connectivity index (χ3v) is 11.1. The summed E-state index contributed by atoms with van der Waals surface area (Å²) in [5, 5.41) is 0. The van der Waals surface area contributed by atoms with Gasteiger partial charge in [0.15, 0.2) is 0 Å². The summed E-state index contributed by atoms with van der Waals surface area (Å²) in [6.45, 7) is 0. The van der Waals surface area contributed by atoms with Crippen LogP contribution in [0.5, 0.6) is 0 Å². The van der Waals surface area contributed by atoms with Gasteiger partial charge >= 0.3 is 20.1 Å². The van der Waals surface area contributed by atoms with Gasteiger partial charge in [0.1, 0.15) is 0 Å². The van der Waals surface area contributed by atoms with Gasteiger partial charge in [0.25, 0.3) is 0 Å². The summed E-state index contributed by atoms with van der Waals surface area (Å²) < 4.78 is 0. The normalized spacial score (nSPS) is 12.3. The summed E-state index contributed by atoms with van der Waals surface area (Å²) >= 11 is 0. The van der Waals surface area contributed by atoms with Gasteiger partial charge in [-0.1, -0.05) is 155 Å². The molecule has 0 fully saturated rings. The number of allylic oxidation sites excluding steroid dienone is 6. The molecule has 3 aromatic heterocycles. The second-order valence-corrected chi connectivity index (χ2v) is 14.9. The first-order valence-corrected chi connectivity index (χ1v) is 20.5. The van der Waals surface area contributed by atoms with Gasteiger partial charge < -0.3 is 15.0 Å². The summed E-state index contributed by atoms with van der Waals surface area (Å²) in [5.74, 6) is 0. The van der Waals surface area contributed by atoms with E-state index in [0.29, 0.717) is 0 Å². The van der Waals surface area contributed by atoms with Crippen molar-refractivity contribution < 1.29 is 20.1 Å². The van der Waals surface area contributed by atoms with E-state index in [-0.39, 0.29) is 20.1 Å². The number of hydrogen-bond acceptors (Lipinski definition) is 3. The summed E-state index contributed by atoms with van der Waals surface area (Å²) in [6, 6.07) is 73.7. The van der Waals surface area contributed by atoms with Gasteiger partial charge in [0.2, 0.25) is 0 Å². The summed E-state index contributed by atoms with van der Waals surface area (Å²) in [4.78, 5) is 13.7.